The summed E-state index contributed by atoms with van der Waals surface area (Å²) in [5.41, 5.74) is 1.07. The van der Waals surface area contributed by atoms with Crippen molar-refractivity contribution >= 4 is 29.0 Å². The van der Waals surface area contributed by atoms with Gasteiger partial charge in [0.2, 0.25) is 0 Å². The smallest absolute Gasteiger partial charge is 0.196 e. The molecule has 0 fully saturated rings. The first-order chi connectivity index (χ1) is 11.1. The molecule has 3 aromatic carbocycles. The van der Waals surface area contributed by atoms with Gasteiger partial charge in [0.05, 0.1) is 10.6 Å². The zero-order chi connectivity index (χ0) is 16.2. The van der Waals surface area contributed by atoms with Gasteiger partial charge in [0.15, 0.2) is 5.78 Å². The van der Waals surface area contributed by atoms with Gasteiger partial charge >= 0.3 is 0 Å². The zero-order valence-electron chi connectivity index (χ0n) is 12.0. The minimum Gasteiger partial charge on any atom is -0.455 e. The third kappa shape index (κ3) is 3.55. The third-order valence-electron chi connectivity index (χ3n) is 3.28. The highest BCUT2D eigenvalue weighted by atomic mass is 35.5. The molecule has 0 unspecified atom stereocenters. The lowest BCUT2D eigenvalue weighted by molar-refractivity contribution is 0.103. The van der Waals surface area contributed by atoms with E-state index in [4.69, 9.17) is 27.9 Å². The Balaban J connectivity index is 1.98. The summed E-state index contributed by atoms with van der Waals surface area (Å²) < 4.78 is 5.83. The number of carbonyl (C=O) groups is 1. The summed E-state index contributed by atoms with van der Waals surface area (Å²) in [6.07, 6.45) is 0. The van der Waals surface area contributed by atoms with Crippen LogP contribution in [-0.2, 0) is 0 Å². The van der Waals surface area contributed by atoms with E-state index >= 15 is 0 Å². The summed E-state index contributed by atoms with van der Waals surface area (Å²) >= 11 is 12.1. The van der Waals surface area contributed by atoms with Gasteiger partial charge in [0.1, 0.15) is 11.5 Å². The number of rotatable bonds is 4. The second kappa shape index (κ2) is 6.86. The van der Waals surface area contributed by atoms with Crippen molar-refractivity contribution in [3.8, 4) is 11.5 Å². The van der Waals surface area contributed by atoms with Crippen LogP contribution in [-0.4, -0.2) is 5.78 Å². The van der Waals surface area contributed by atoms with Crippen LogP contribution < -0.4 is 4.74 Å². The first-order valence-electron chi connectivity index (χ1n) is 6.97. The molecule has 0 radical (unpaired) electrons. The molecule has 0 N–H and O–H groups in total. The molecule has 0 bridgehead atoms. The van der Waals surface area contributed by atoms with Gasteiger partial charge < -0.3 is 4.74 Å². The molecule has 0 aliphatic rings. The van der Waals surface area contributed by atoms with E-state index in [2.05, 4.69) is 0 Å². The SMILES string of the molecule is O=C(c1ccccc1)c1ccccc1Oc1cc(Cl)ccc1Cl. The molecule has 0 atom stereocenters. The van der Waals surface area contributed by atoms with Crippen LogP contribution in [0.2, 0.25) is 10.0 Å². The Hall–Kier alpha value is -2.29. The number of ketones is 1. The Morgan fingerprint density at radius 1 is 0.783 bits per heavy atom. The number of hydrogen-bond acceptors (Lipinski definition) is 2. The average Bonchev–Trinajstić information content (AvgIpc) is 2.59. The molecule has 0 heterocycles. The molecule has 3 rings (SSSR count). The van der Waals surface area contributed by atoms with Gasteiger partial charge in [0, 0.05) is 16.7 Å². The summed E-state index contributed by atoms with van der Waals surface area (Å²) in [7, 11) is 0. The minimum atomic E-state index is -0.112. The molecule has 0 amide bonds. The van der Waals surface area contributed by atoms with E-state index < -0.39 is 0 Å². The lowest BCUT2D eigenvalue weighted by atomic mass is 10.0. The Labute approximate surface area is 144 Å². The van der Waals surface area contributed by atoms with Crippen molar-refractivity contribution in [3.05, 3.63) is 94.0 Å². The minimum absolute atomic E-state index is 0.112. The van der Waals surface area contributed by atoms with Crippen molar-refractivity contribution in [2.24, 2.45) is 0 Å². The molecule has 0 spiro atoms. The van der Waals surface area contributed by atoms with Gasteiger partial charge in [-0.1, -0.05) is 65.7 Å². The van der Waals surface area contributed by atoms with E-state index in [-0.39, 0.29) is 5.78 Å². The van der Waals surface area contributed by atoms with Crippen molar-refractivity contribution in [2.75, 3.05) is 0 Å². The highest BCUT2D eigenvalue weighted by molar-refractivity contribution is 6.34. The second-order valence-electron chi connectivity index (χ2n) is 4.87. The Bertz CT molecular complexity index is 845. The van der Waals surface area contributed by atoms with Crippen molar-refractivity contribution in [2.45, 2.75) is 0 Å². The molecule has 0 aromatic heterocycles. The quantitative estimate of drug-likeness (QED) is 0.542. The van der Waals surface area contributed by atoms with Crippen molar-refractivity contribution in [3.63, 3.8) is 0 Å². The second-order valence-corrected chi connectivity index (χ2v) is 5.71. The highest BCUT2D eigenvalue weighted by Gasteiger charge is 2.15. The van der Waals surface area contributed by atoms with Crippen LogP contribution in [0.3, 0.4) is 0 Å². The van der Waals surface area contributed by atoms with Gasteiger partial charge in [-0.15, -0.1) is 0 Å². The van der Waals surface area contributed by atoms with Crippen molar-refractivity contribution in [1.82, 2.24) is 0 Å². The third-order valence-corrected chi connectivity index (χ3v) is 3.83. The van der Waals surface area contributed by atoms with Gasteiger partial charge in [0.25, 0.3) is 0 Å². The fraction of sp³-hybridized carbons (Fsp3) is 0. The maximum Gasteiger partial charge on any atom is 0.196 e. The maximum atomic E-state index is 12.7. The van der Waals surface area contributed by atoms with Gasteiger partial charge in [-0.3, -0.25) is 4.79 Å². The first-order valence-corrected chi connectivity index (χ1v) is 7.72. The monoisotopic (exact) mass is 342 g/mol. The predicted molar refractivity (Wildman–Crippen MR) is 92.9 cm³/mol. The summed E-state index contributed by atoms with van der Waals surface area (Å²) in [5.74, 6) is 0.734. The predicted octanol–water partition coefficient (Wildman–Crippen LogP) is 6.02. The summed E-state index contributed by atoms with van der Waals surface area (Å²) in [4.78, 5) is 12.7. The largest absolute Gasteiger partial charge is 0.455 e. The Morgan fingerprint density at radius 3 is 2.26 bits per heavy atom. The van der Waals surface area contributed by atoms with E-state index in [0.717, 1.165) is 0 Å². The summed E-state index contributed by atoms with van der Waals surface area (Å²) in [6, 6.07) is 21.1. The average molecular weight is 343 g/mol. The van der Waals surface area contributed by atoms with E-state index in [1.807, 2.05) is 18.2 Å². The zero-order valence-corrected chi connectivity index (χ0v) is 13.5. The number of carbonyl (C=O) groups excluding carboxylic acids is 1. The van der Waals surface area contributed by atoms with Crippen LogP contribution in [0.4, 0.5) is 0 Å². The van der Waals surface area contributed by atoms with Gasteiger partial charge in [-0.05, 0) is 24.3 Å². The molecule has 114 valence electrons. The van der Waals surface area contributed by atoms with Crippen LogP contribution in [0.5, 0.6) is 11.5 Å². The van der Waals surface area contributed by atoms with Crippen LogP contribution in [0, 0.1) is 0 Å². The van der Waals surface area contributed by atoms with Crippen LogP contribution >= 0.6 is 23.2 Å². The molecule has 0 saturated heterocycles. The van der Waals surface area contributed by atoms with Crippen LogP contribution in [0.1, 0.15) is 15.9 Å². The molecule has 0 aliphatic heterocycles. The van der Waals surface area contributed by atoms with Crippen molar-refractivity contribution < 1.29 is 9.53 Å². The molecular formula is C19H12Cl2O2. The van der Waals surface area contributed by atoms with Gasteiger partial charge in [-0.25, -0.2) is 0 Å². The summed E-state index contributed by atoms with van der Waals surface area (Å²) in [6.45, 7) is 0. The van der Waals surface area contributed by atoms with E-state index in [1.54, 1.807) is 54.6 Å². The lowest BCUT2D eigenvalue weighted by Gasteiger charge is -2.12. The number of halogens is 2. The van der Waals surface area contributed by atoms with Crippen LogP contribution in [0.25, 0.3) is 0 Å². The van der Waals surface area contributed by atoms with E-state index in [1.165, 1.54) is 0 Å². The van der Waals surface area contributed by atoms with Gasteiger partial charge in [-0.2, -0.15) is 0 Å². The fourth-order valence-corrected chi connectivity index (χ4v) is 2.48. The Morgan fingerprint density at radius 2 is 1.48 bits per heavy atom. The fourth-order valence-electron chi connectivity index (χ4n) is 2.16. The van der Waals surface area contributed by atoms with E-state index in [9.17, 15) is 4.79 Å². The summed E-state index contributed by atoms with van der Waals surface area (Å²) in [5, 5.41) is 0.938. The lowest BCUT2D eigenvalue weighted by Crippen LogP contribution is -2.03. The number of ether oxygens (including phenoxy) is 1. The first kappa shape index (κ1) is 15.6. The topological polar surface area (TPSA) is 26.3 Å². The Kier molecular flexibility index (Phi) is 4.65. The van der Waals surface area contributed by atoms with Crippen molar-refractivity contribution in [1.29, 1.82) is 0 Å². The normalized spacial score (nSPS) is 10.3. The molecule has 0 saturated carbocycles. The van der Waals surface area contributed by atoms with Crippen LogP contribution in [0.15, 0.2) is 72.8 Å². The number of benzene rings is 3. The molecular weight excluding hydrogens is 331 g/mol. The molecule has 3 aromatic rings. The molecule has 23 heavy (non-hydrogen) atoms. The molecule has 0 aliphatic carbocycles. The standard InChI is InChI=1S/C19H12Cl2O2/c20-14-10-11-16(21)18(12-14)23-17-9-5-4-8-15(17)19(22)13-6-2-1-3-7-13/h1-12H. The molecule has 2 nitrogen and oxygen atoms in total. The molecule has 4 heteroatoms. The number of para-hydroxylation sites is 1. The number of hydrogen-bond donors (Lipinski definition) is 0. The highest BCUT2D eigenvalue weighted by Crippen LogP contribution is 2.34. The maximum absolute atomic E-state index is 12.7. The van der Waals surface area contributed by atoms with E-state index in [0.29, 0.717) is 32.7 Å².